The molecular weight excluding hydrogens is 506 g/mol. The first-order valence-electron chi connectivity index (χ1n) is 12.9. The zero-order valence-electron chi connectivity index (χ0n) is 22.8. The number of amides is 1. The molecule has 0 radical (unpaired) electrons. The van der Waals surface area contributed by atoms with Crippen molar-refractivity contribution >= 4 is 34.6 Å². The highest BCUT2D eigenvalue weighted by Crippen LogP contribution is 2.44. The van der Waals surface area contributed by atoms with Crippen LogP contribution in [0.1, 0.15) is 49.9 Å². The predicted molar refractivity (Wildman–Crippen MR) is 160 cm³/mol. The SMILES string of the molecule is COc1cc(N2C(=S)N[C@H](c3ccccn3)[C@H]2c2ccc(C)n2-c2ccccc2)ccc1NC(=O)C(C)(C)C. The van der Waals surface area contributed by atoms with Gasteiger partial charge in [0.15, 0.2) is 5.11 Å². The Morgan fingerprint density at radius 1 is 1.00 bits per heavy atom. The summed E-state index contributed by atoms with van der Waals surface area (Å²) in [6.07, 6.45) is 1.80. The van der Waals surface area contributed by atoms with Gasteiger partial charge in [-0.15, -0.1) is 0 Å². The normalized spacial score (nSPS) is 17.2. The van der Waals surface area contributed by atoms with E-state index in [0.717, 1.165) is 28.5 Å². The summed E-state index contributed by atoms with van der Waals surface area (Å²) in [4.78, 5) is 19.5. The minimum Gasteiger partial charge on any atom is -0.494 e. The van der Waals surface area contributed by atoms with Crippen molar-refractivity contribution in [2.75, 3.05) is 17.3 Å². The molecule has 0 unspecified atom stereocenters. The number of benzene rings is 2. The van der Waals surface area contributed by atoms with Crippen LogP contribution in [-0.4, -0.2) is 27.7 Å². The maximum absolute atomic E-state index is 12.7. The number of nitrogens with zero attached hydrogens (tertiary/aromatic N) is 3. The molecule has 0 aliphatic carbocycles. The van der Waals surface area contributed by atoms with Gasteiger partial charge in [0.25, 0.3) is 0 Å². The largest absolute Gasteiger partial charge is 0.494 e. The molecule has 2 N–H and O–H groups in total. The summed E-state index contributed by atoms with van der Waals surface area (Å²) in [6.45, 7) is 7.74. The average Bonchev–Trinajstić information content (AvgIpc) is 3.48. The van der Waals surface area contributed by atoms with Gasteiger partial charge < -0.3 is 24.8 Å². The second-order valence-corrected chi connectivity index (χ2v) is 11.0. The Bertz CT molecular complexity index is 1490. The van der Waals surface area contributed by atoms with Gasteiger partial charge in [0, 0.05) is 40.4 Å². The molecule has 4 aromatic rings. The fourth-order valence-electron chi connectivity index (χ4n) is 4.90. The van der Waals surface area contributed by atoms with Gasteiger partial charge in [0.05, 0.1) is 24.5 Å². The number of rotatable bonds is 6. The smallest absolute Gasteiger partial charge is 0.229 e. The Kier molecular flexibility index (Phi) is 7.14. The minimum absolute atomic E-state index is 0.0869. The van der Waals surface area contributed by atoms with Gasteiger partial charge in [-0.1, -0.05) is 45.0 Å². The Balaban J connectivity index is 1.63. The van der Waals surface area contributed by atoms with Crippen molar-refractivity contribution < 1.29 is 9.53 Å². The van der Waals surface area contributed by atoms with E-state index in [1.807, 2.05) is 75.4 Å². The van der Waals surface area contributed by atoms with Crippen LogP contribution in [0, 0.1) is 12.3 Å². The number of aromatic nitrogens is 2. The molecule has 1 fully saturated rings. The van der Waals surface area contributed by atoms with Crippen molar-refractivity contribution in [2.45, 2.75) is 39.8 Å². The molecule has 0 bridgehead atoms. The third-order valence-electron chi connectivity index (χ3n) is 6.91. The van der Waals surface area contributed by atoms with Crippen molar-refractivity contribution in [3.63, 3.8) is 0 Å². The van der Waals surface area contributed by atoms with Crippen LogP contribution in [0.5, 0.6) is 5.75 Å². The van der Waals surface area contributed by atoms with Crippen molar-refractivity contribution in [3.05, 3.63) is 102 Å². The summed E-state index contributed by atoms with van der Waals surface area (Å²) in [6, 6.07) is 25.9. The van der Waals surface area contributed by atoms with Crippen molar-refractivity contribution in [2.24, 2.45) is 5.41 Å². The van der Waals surface area contributed by atoms with Gasteiger partial charge in [-0.2, -0.15) is 0 Å². The number of nitrogens with one attached hydrogen (secondary N) is 2. The second-order valence-electron chi connectivity index (χ2n) is 10.7. The molecule has 1 saturated heterocycles. The number of hydrogen-bond acceptors (Lipinski definition) is 4. The van der Waals surface area contributed by atoms with Gasteiger partial charge in [-0.05, 0) is 67.7 Å². The summed E-state index contributed by atoms with van der Waals surface area (Å²) in [7, 11) is 1.60. The number of thiocarbonyl (C=S) groups is 1. The fourth-order valence-corrected chi connectivity index (χ4v) is 5.24. The second kappa shape index (κ2) is 10.5. The van der Waals surface area contributed by atoms with Gasteiger partial charge in [0.2, 0.25) is 5.91 Å². The molecule has 1 aliphatic rings. The molecule has 0 saturated carbocycles. The molecule has 0 spiro atoms. The summed E-state index contributed by atoms with van der Waals surface area (Å²) >= 11 is 5.94. The van der Waals surface area contributed by atoms with Crippen LogP contribution < -0.4 is 20.3 Å². The third kappa shape index (κ3) is 5.12. The lowest BCUT2D eigenvalue weighted by atomic mass is 9.95. The van der Waals surface area contributed by atoms with Gasteiger partial charge >= 0.3 is 0 Å². The third-order valence-corrected chi connectivity index (χ3v) is 7.23. The fraction of sp³-hybridized carbons (Fsp3) is 0.258. The predicted octanol–water partition coefficient (Wildman–Crippen LogP) is 6.35. The topological polar surface area (TPSA) is 71.4 Å². The molecule has 2 atom stereocenters. The molecule has 1 aliphatic heterocycles. The monoisotopic (exact) mass is 539 g/mol. The molecule has 3 heterocycles. The molecule has 7 nitrogen and oxygen atoms in total. The van der Waals surface area contributed by atoms with Crippen molar-refractivity contribution in [1.29, 1.82) is 0 Å². The van der Waals surface area contributed by atoms with E-state index in [4.69, 9.17) is 17.0 Å². The lowest BCUT2D eigenvalue weighted by Crippen LogP contribution is -2.30. The zero-order valence-corrected chi connectivity index (χ0v) is 23.6. The van der Waals surface area contributed by atoms with Crippen LogP contribution in [0.4, 0.5) is 11.4 Å². The van der Waals surface area contributed by atoms with Crippen LogP contribution >= 0.6 is 12.2 Å². The van der Waals surface area contributed by atoms with Gasteiger partial charge in [-0.3, -0.25) is 9.78 Å². The first-order chi connectivity index (χ1) is 18.7. The summed E-state index contributed by atoms with van der Waals surface area (Å²) in [5.74, 6) is 0.471. The van der Waals surface area contributed by atoms with E-state index >= 15 is 0 Å². The molecule has 5 rings (SSSR count). The molecule has 8 heteroatoms. The van der Waals surface area contributed by atoms with Crippen LogP contribution in [-0.2, 0) is 4.79 Å². The first-order valence-corrected chi connectivity index (χ1v) is 13.3. The number of methoxy groups -OCH3 is 1. The van der Waals surface area contributed by atoms with E-state index in [2.05, 4.69) is 56.3 Å². The molecule has 2 aromatic carbocycles. The Labute approximate surface area is 234 Å². The molecule has 2 aromatic heterocycles. The summed E-state index contributed by atoms with van der Waals surface area (Å²) in [5.41, 5.74) is 5.08. The number of anilines is 2. The van der Waals surface area contributed by atoms with Crippen LogP contribution in [0.3, 0.4) is 0 Å². The molecule has 1 amide bonds. The van der Waals surface area contributed by atoms with Crippen LogP contribution in [0.25, 0.3) is 5.69 Å². The lowest BCUT2D eigenvalue weighted by Gasteiger charge is -2.30. The van der Waals surface area contributed by atoms with Crippen molar-refractivity contribution in [3.8, 4) is 11.4 Å². The van der Waals surface area contributed by atoms with E-state index in [0.29, 0.717) is 16.5 Å². The standard InChI is InChI=1S/C31H33N5O2S/c1-20-14-17-25(35(20)21-11-7-6-8-12-21)28-27(24-13-9-10-18-32-24)34-30(39)36(28)22-15-16-23(26(19-22)38-5)33-29(37)31(2,3)4/h6-19,27-28H,1-5H3,(H,33,37)(H,34,39)/t27-,28-/m1/s1. The highest BCUT2D eigenvalue weighted by atomic mass is 32.1. The number of pyridine rings is 1. The minimum atomic E-state index is -0.536. The Morgan fingerprint density at radius 3 is 2.41 bits per heavy atom. The highest BCUT2D eigenvalue weighted by Gasteiger charge is 2.42. The van der Waals surface area contributed by atoms with E-state index in [1.165, 1.54) is 0 Å². The van der Waals surface area contributed by atoms with E-state index in [1.54, 1.807) is 13.3 Å². The molecule has 39 heavy (non-hydrogen) atoms. The van der Waals surface area contributed by atoms with E-state index < -0.39 is 5.41 Å². The van der Waals surface area contributed by atoms with E-state index in [-0.39, 0.29) is 18.0 Å². The summed E-state index contributed by atoms with van der Waals surface area (Å²) in [5, 5.41) is 7.11. The Hall–Kier alpha value is -4.17. The maximum atomic E-state index is 12.7. The molecule has 200 valence electrons. The zero-order chi connectivity index (χ0) is 27.7. The number of carbonyl (C=O) groups is 1. The lowest BCUT2D eigenvalue weighted by molar-refractivity contribution is -0.123. The summed E-state index contributed by atoms with van der Waals surface area (Å²) < 4.78 is 7.98. The number of hydrogen-bond donors (Lipinski definition) is 2. The van der Waals surface area contributed by atoms with Crippen LogP contribution in [0.2, 0.25) is 0 Å². The van der Waals surface area contributed by atoms with E-state index in [9.17, 15) is 4.79 Å². The number of aryl methyl sites for hydroxylation is 1. The van der Waals surface area contributed by atoms with Crippen molar-refractivity contribution in [1.82, 2.24) is 14.9 Å². The number of para-hydroxylation sites is 1. The number of ether oxygens (including phenoxy) is 1. The maximum Gasteiger partial charge on any atom is 0.229 e. The Morgan fingerprint density at radius 2 is 1.74 bits per heavy atom. The quantitative estimate of drug-likeness (QED) is 0.278. The average molecular weight is 540 g/mol. The highest BCUT2D eigenvalue weighted by molar-refractivity contribution is 7.80. The first kappa shape index (κ1) is 26.4. The van der Waals surface area contributed by atoms with Gasteiger partial charge in [0.1, 0.15) is 11.8 Å². The molecular formula is C31H33N5O2S. The number of carbonyl (C=O) groups excluding carboxylic acids is 1. The van der Waals surface area contributed by atoms with Gasteiger partial charge in [-0.25, -0.2) is 0 Å². The van der Waals surface area contributed by atoms with Crippen LogP contribution in [0.15, 0.2) is 85.1 Å².